The van der Waals surface area contributed by atoms with Gasteiger partial charge in [0.15, 0.2) is 0 Å². The van der Waals surface area contributed by atoms with E-state index < -0.39 is 8.07 Å². The Morgan fingerprint density at radius 1 is 0.938 bits per heavy atom. The van der Waals surface area contributed by atoms with Gasteiger partial charge in [0.2, 0.25) is 0 Å². The highest BCUT2D eigenvalue weighted by molar-refractivity contribution is 6.90. The highest BCUT2D eigenvalue weighted by Crippen LogP contribution is 2.38. The Morgan fingerprint density at radius 3 is 2.28 bits per heavy atom. The van der Waals surface area contributed by atoms with Crippen LogP contribution in [0.15, 0.2) is 42.5 Å². The van der Waals surface area contributed by atoms with E-state index in [-0.39, 0.29) is 5.83 Å². The van der Waals surface area contributed by atoms with Gasteiger partial charge in [-0.3, -0.25) is 0 Å². The highest BCUT2D eigenvalue weighted by Gasteiger charge is 2.28. The molecule has 3 aromatic carbocycles. The zero-order valence-electron chi connectivity index (χ0n) is 20.1. The van der Waals surface area contributed by atoms with Gasteiger partial charge in [0, 0.05) is 27.1 Å². The fourth-order valence-electron chi connectivity index (χ4n) is 5.49. The topological polar surface area (TPSA) is 4.41 Å². The van der Waals surface area contributed by atoms with Crippen LogP contribution in [0.4, 0.5) is 4.39 Å². The van der Waals surface area contributed by atoms with Crippen LogP contribution in [-0.4, -0.2) is 12.5 Å². The quantitative estimate of drug-likeness (QED) is 0.200. The largest absolute Gasteiger partial charge is 0.308 e. The third kappa shape index (κ3) is 2.61. The Labute approximate surface area is 189 Å². The predicted octanol–water partition coefficient (Wildman–Crippen LogP) is 7.33. The van der Waals surface area contributed by atoms with Crippen molar-refractivity contribution < 1.29 is 4.39 Å². The van der Waals surface area contributed by atoms with Crippen molar-refractivity contribution >= 4 is 63.8 Å². The van der Waals surface area contributed by atoms with E-state index in [0.717, 1.165) is 21.5 Å². The van der Waals surface area contributed by atoms with Crippen LogP contribution >= 0.6 is 0 Å². The summed E-state index contributed by atoms with van der Waals surface area (Å²) < 4.78 is 17.8. The minimum atomic E-state index is -1.79. The number of fused-ring (bicyclic) bond motifs is 5. The van der Waals surface area contributed by atoms with Crippen molar-refractivity contribution in [1.82, 2.24) is 4.40 Å². The average Bonchev–Trinajstić information content (AvgIpc) is 3.08. The van der Waals surface area contributed by atoms with Gasteiger partial charge in [-0.25, -0.2) is 4.39 Å². The molecule has 0 bridgehead atoms. The van der Waals surface area contributed by atoms with Crippen molar-refractivity contribution in [3.63, 3.8) is 0 Å². The van der Waals surface area contributed by atoms with E-state index in [9.17, 15) is 0 Å². The molecule has 32 heavy (non-hydrogen) atoms. The number of para-hydroxylation sites is 1. The van der Waals surface area contributed by atoms with Gasteiger partial charge in [-0.05, 0) is 60.9 Å². The van der Waals surface area contributed by atoms with Crippen LogP contribution in [0.1, 0.15) is 29.2 Å². The number of benzene rings is 3. The van der Waals surface area contributed by atoms with Gasteiger partial charge in [0.25, 0.3) is 0 Å². The minimum absolute atomic E-state index is 0.176. The number of rotatable bonds is 2. The maximum Gasteiger partial charge on any atom is 0.126 e. The Bertz CT molecular complexity index is 1660. The number of allylic oxidation sites excluding steroid dienone is 1. The van der Waals surface area contributed by atoms with E-state index in [0.29, 0.717) is 5.56 Å². The van der Waals surface area contributed by atoms with Crippen LogP contribution in [-0.2, 0) is 0 Å². The molecular formula is C29H30FNSi. The molecule has 0 saturated carbocycles. The fourth-order valence-corrected chi connectivity index (χ4v) is 7.07. The molecule has 1 nitrogen and oxygen atoms in total. The van der Waals surface area contributed by atoms with Gasteiger partial charge < -0.3 is 4.40 Å². The number of halogens is 1. The molecule has 0 atom stereocenters. The number of hydrogen-bond acceptors (Lipinski definition) is 0. The number of aromatic nitrogens is 1. The lowest BCUT2D eigenvalue weighted by molar-refractivity contribution is 0.760. The molecule has 3 heteroatoms. The summed E-state index contributed by atoms with van der Waals surface area (Å²) in [6.07, 6.45) is 1.58. The van der Waals surface area contributed by atoms with E-state index >= 15 is 4.39 Å². The Morgan fingerprint density at radius 2 is 1.62 bits per heavy atom. The molecule has 0 spiro atoms. The van der Waals surface area contributed by atoms with E-state index in [1.165, 1.54) is 43.7 Å². The van der Waals surface area contributed by atoms with Crippen LogP contribution < -0.4 is 10.4 Å². The first kappa shape index (κ1) is 21.0. The molecule has 0 aliphatic heterocycles. The zero-order valence-corrected chi connectivity index (χ0v) is 21.1. The van der Waals surface area contributed by atoms with Gasteiger partial charge in [-0.1, -0.05) is 62.6 Å². The molecule has 0 fully saturated rings. The first-order valence-electron chi connectivity index (χ1n) is 11.3. The highest BCUT2D eigenvalue weighted by atomic mass is 28.3. The zero-order chi connectivity index (χ0) is 23.1. The van der Waals surface area contributed by atoms with Gasteiger partial charge in [-0.2, -0.15) is 0 Å². The summed E-state index contributed by atoms with van der Waals surface area (Å²) in [4.78, 5) is 0. The molecule has 0 aliphatic rings. The number of pyridine rings is 1. The van der Waals surface area contributed by atoms with E-state index in [2.05, 4.69) is 87.8 Å². The normalized spacial score (nSPS) is 13.3. The molecule has 5 rings (SSSR count). The molecular weight excluding hydrogens is 409 g/mol. The average molecular weight is 440 g/mol. The van der Waals surface area contributed by atoms with E-state index in [1.54, 1.807) is 13.0 Å². The van der Waals surface area contributed by atoms with Crippen molar-refractivity contribution in [3.05, 3.63) is 69.9 Å². The smallest absolute Gasteiger partial charge is 0.126 e. The van der Waals surface area contributed by atoms with E-state index in [4.69, 9.17) is 0 Å². The molecule has 0 amide bonds. The molecule has 0 aliphatic carbocycles. The van der Waals surface area contributed by atoms with Crippen LogP contribution in [0.2, 0.25) is 19.6 Å². The SMILES string of the molecule is C=c1c2c(C)c(C)cc(C)c2n2c3ccccc3c3c([Si](C)(C)C)cc(/C(F)=C\C)c1c32. The lowest BCUT2D eigenvalue weighted by Gasteiger charge is -2.22. The summed E-state index contributed by atoms with van der Waals surface area (Å²) in [6, 6.07) is 13.0. The molecule has 0 unspecified atom stereocenters. The molecule has 0 saturated heterocycles. The lowest BCUT2D eigenvalue weighted by Crippen LogP contribution is -2.38. The van der Waals surface area contributed by atoms with Gasteiger partial charge in [0.1, 0.15) is 5.83 Å². The molecule has 0 radical (unpaired) electrons. The van der Waals surface area contributed by atoms with Crippen LogP contribution in [0.25, 0.3) is 50.5 Å². The standard InChI is InChI=1S/C29H30FNSi/c1-9-22(30)21-15-24(32(6,7)8)27-20-12-10-11-13-23(20)31-28-17(3)14-16(2)18(4)25(28)19(5)26(21)29(27)31/h9-15H,5H2,1-4,6-8H3/b22-9+. The van der Waals surface area contributed by atoms with Crippen molar-refractivity contribution in [3.8, 4) is 0 Å². The first-order valence-corrected chi connectivity index (χ1v) is 14.8. The van der Waals surface area contributed by atoms with Gasteiger partial charge in [0.05, 0.1) is 24.6 Å². The molecule has 2 aromatic heterocycles. The Balaban J connectivity index is 2.31. The summed E-state index contributed by atoms with van der Waals surface area (Å²) in [5.41, 5.74) is 7.85. The summed E-state index contributed by atoms with van der Waals surface area (Å²) in [5, 5.41) is 6.83. The van der Waals surface area contributed by atoms with Crippen LogP contribution in [0.3, 0.4) is 0 Å². The number of aryl methyl sites for hydroxylation is 3. The third-order valence-electron chi connectivity index (χ3n) is 7.09. The fraction of sp³-hybridized carbons (Fsp3) is 0.241. The molecule has 5 aromatic rings. The maximum absolute atomic E-state index is 15.5. The van der Waals surface area contributed by atoms with Crippen molar-refractivity contribution in [2.75, 3.05) is 0 Å². The number of nitrogens with zero attached hydrogens (tertiary/aromatic N) is 1. The molecule has 0 N–H and O–H groups in total. The minimum Gasteiger partial charge on any atom is -0.308 e. The molecule has 162 valence electrons. The van der Waals surface area contributed by atoms with Crippen molar-refractivity contribution in [2.45, 2.75) is 47.3 Å². The lowest BCUT2D eigenvalue weighted by atomic mass is 9.94. The second-order valence-electron chi connectivity index (χ2n) is 10.1. The van der Waals surface area contributed by atoms with Crippen LogP contribution in [0.5, 0.6) is 0 Å². The van der Waals surface area contributed by atoms with Crippen molar-refractivity contribution in [1.29, 1.82) is 0 Å². The summed E-state index contributed by atoms with van der Waals surface area (Å²) in [6.45, 7) is 19.9. The van der Waals surface area contributed by atoms with Gasteiger partial charge in [-0.15, -0.1) is 0 Å². The van der Waals surface area contributed by atoms with Crippen LogP contribution in [0, 0.1) is 20.8 Å². The molecule has 2 heterocycles. The summed E-state index contributed by atoms with van der Waals surface area (Å²) in [5.74, 6) is -0.176. The first-order chi connectivity index (χ1) is 15.1. The Hall–Kier alpha value is -2.91. The second kappa shape index (κ2) is 6.79. The maximum atomic E-state index is 15.5. The monoisotopic (exact) mass is 439 g/mol. The Kier molecular flexibility index (Phi) is 4.45. The van der Waals surface area contributed by atoms with Crippen molar-refractivity contribution in [2.24, 2.45) is 0 Å². The third-order valence-corrected chi connectivity index (χ3v) is 9.10. The number of hydrogen-bond donors (Lipinski definition) is 0. The second-order valence-corrected chi connectivity index (χ2v) is 15.2. The van der Waals surface area contributed by atoms with E-state index in [1.807, 2.05) is 0 Å². The predicted molar refractivity (Wildman–Crippen MR) is 143 cm³/mol. The summed E-state index contributed by atoms with van der Waals surface area (Å²) >= 11 is 0. The van der Waals surface area contributed by atoms with Gasteiger partial charge >= 0.3 is 0 Å². The summed E-state index contributed by atoms with van der Waals surface area (Å²) in [7, 11) is -1.79.